The Labute approximate surface area is 151 Å². The second-order valence-corrected chi connectivity index (χ2v) is 6.19. The lowest BCUT2D eigenvalue weighted by Gasteiger charge is -2.13. The Morgan fingerprint density at radius 3 is 2.85 bits per heavy atom. The summed E-state index contributed by atoms with van der Waals surface area (Å²) in [5.74, 6) is 0.0620. The Morgan fingerprint density at radius 1 is 1.23 bits per heavy atom. The quantitative estimate of drug-likeness (QED) is 0.662. The molecule has 0 spiro atoms. The Balaban J connectivity index is 1.51. The molecule has 1 aromatic heterocycles. The van der Waals surface area contributed by atoms with Gasteiger partial charge in [-0.25, -0.2) is 4.79 Å². The van der Waals surface area contributed by atoms with Crippen molar-refractivity contribution in [3.05, 3.63) is 64.6 Å². The molecule has 2 aromatic carbocycles. The van der Waals surface area contributed by atoms with Gasteiger partial charge < -0.3 is 14.5 Å². The summed E-state index contributed by atoms with van der Waals surface area (Å²) in [7, 11) is 0. The summed E-state index contributed by atoms with van der Waals surface area (Å²) in [4.78, 5) is 24.4. The fraction of sp³-hybridized carbons (Fsp3) is 0.300. The van der Waals surface area contributed by atoms with Gasteiger partial charge in [-0.2, -0.15) is 0 Å². The van der Waals surface area contributed by atoms with E-state index in [-0.39, 0.29) is 5.91 Å². The first-order valence-corrected chi connectivity index (χ1v) is 8.63. The fourth-order valence-electron chi connectivity index (χ4n) is 2.79. The molecule has 0 radical (unpaired) electrons. The van der Waals surface area contributed by atoms with E-state index in [2.05, 4.69) is 5.32 Å². The first kappa shape index (κ1) is 17.8. The summed E-state index contributed by atoms with van der Waals surface area (Å²) in [6, 6.07) is 14.2. The summed E-state index contributed by atoms with van der Waals surface area (Å²) >= 11 is 0. The number of aryl methyl sites for hydroxylation is 1. The minimum Gasteiger partial charge on any atom is -0.494 e. The largest absolute Gasteiger partial charge is 0.494 e. The number of benzene rings is 2. The van der Waals surface area contributed by atoms with E-state index in [4.69, 9.17) is 9.15 Å². The number of rotatable bonds is 7. The number of aromatic nitrogens is 1. The van der Waals surface area contributed by atoms with Crippen molar-refractivity contribution in [2.24, 2.45) is 0 Å². The van der Waals surface area contributed by atoms with Crippen LogP contribution in [-0.2, 0) is 4.79 Å². The van der Waals surface area contributed by atoms with Crippen molar-refractivity contribution in [2.75, 3.05) is 13.2 Å². The molecule has 136 valence electrons. The number of fused-ring (bicyclic) bond motifs is 1. The van der Waals surface area contributed by atoms with Crippen molar-refractivity contribution in [1.29, 1.82) is 0 Å². The van der Waals surface area contributed by atoms with Gasteiger partial charge in [-0.15, -0.1) is 0 Å². The van der Waals surface area contributed by atoms with Gasteiger partial charge in [-0.1, -0.05) is 24.3 Å². The van der Waals surface area contributed by atoms with Crippen molar-refractivity contribution in [3.63, 3.8) is 0 Å². The van der Waals surface area contributed by atoms with Gasteiger partial charge in [0.2, 0.25) is 5.91 Å². The van der Waals surface area contributed by atoms with E-state index in [0.29, 0.717) is 30.7 Å². The van der Waals surface area contributed by atoms with Crippen LogP contribution in [-0.4, -0.2) is 23.6 Å². The highest BCUT2D eigenvalue weighted by molar-refractivity contribution is 5.82. The lowest BCUT2D eigenvalue weighted by molar-refractivity contribution is -0.123. The molecule has 0 aliphatic rings. The number of nitrogens with zero attached hydrogens (tertiary/aromatic N) is 1. The van der Waals surface area contributed by atoms with E-state index in [1.165, 1.54) is 4.57 Å². The molecule has 3 aromatic rings. The van der Waals surface area contributed by atoms with Crippen LogP contribution in [0.3, 0.4) is 0 Å². The topological polar surface area (TPSA) is 73.5 Å². The normalized spacial score (nSPS) is 12.1. The standard InChI is InChI=1S/C20H22N2O4/c1-14-7-5-8-16(13-14)25-12-6-11-21-19(23)15(2)22-17-9-3-4-10-18(17)26-20(22)24/h3-5,7-10,13,15H,6,11-12H2,1-2H3,(H,21,23). The van der Waals surface area contributed by atoms with Crippen LogP contribution < -0.4 is 15.8 Å². The maximum Gasteiger partial charge on any atom is 0.420 e. The van der Waals surface area contributed by atoms with Crippen molar-refractivity contribution < 1.29 is 13.9 Å². The molecule has 0 aliphatic carbocycles. The maximum atomic E-state index is 12.4. The van der Waals surface area contributed by atoms with E-state index in [1.54, 1.807) is 31.2 Å². The Kier molecular flexibility index (Phi) is 5.41. The predicted molar refractivity (Wildman–Crippen MR) is 99.5 cm³/mol. The van der Waals surface area contributed by atoms with Gasteiger partial charge in [0.05, 0.1) is 12.1 Å². The first-order valence-electron chi connectivity index (χ1n) is 8.63. The van der Waals surface area contributed by atoms with Gasteiger partial charge in [0.1, 0.15) is 11.8 Å². The van der Waals surface area contributed by atoms with Crippen LogP contribution in [0.1, 0.15) is 24.9 Å². The minimum absolute atomic E-state index is 0.228. The van der Waals surface area contributed by atoms with Gasteiger partial charge in [0.15, 0.2) is 5.58 Å². The highest BCUT2D eigenvalue weighted by Gasteiger charge is 2.20. The van der Waals surface area contributed by atoms with Crippen LogP contribution in [0.2, 0.25) is 0 Å². The SMILES string of the molecule is Cc1cccc(OCCCNC(=O)C(C)n2c(=O)oc3ccccc32)c1. The smallest absolute Gasteiger partial charge is 0.420 e. The third-order valence-electron chi connectivity index (χ3n) is 4.16. The molecule has 0 bridgehead atoms. The highest BCUT2D eigenvalue weighted by Crippen LogP contribution is 2.16. The van der Waals surface area contributed by atoms with E-state index >= 15 is 0 Å². The molecule has 0 saturated heterocycles. The van der Waals surface area contributed by atoms with E-state index in [1.807, 2.05) is 31.2 Å². The molecule has 1 N–H and O–H groups in total. The molecule has 6 nitrogen and oxygen atoms in total. The van der Waals surface area contributed by atoms with E-state index in [9.17, 15) is 9.59 Å². The number of para-hydroxylation sites is 2. The molecule has 0 fully saturated rings. The van der Waals surface area contributed by atoms with Gasteiger partial charge >= 0.3 is 5.76 Å². The van der Waals surface area contributed by atoms with Crippen LogP contribution in [0.5, 0.6) is 5.75 Å². The van der Waals surface area contributed by atoms with E-state index < -0.39 is 11.8 Å². The van der Waals surface area contributed by atoms with Gasteiger partial charge in [-0.3, -0.25) is 9.36 Å². The lowest BCUT2D eigenvalue weighted by atomic mass is 10.2. The minimum atomic E-state index is -0.649. The summed E-state index contributed by atoms with van der Waals surface area (Å²) < 4.78 is 12.2. The van der Waals surface area contributed by atoms with E-state index in [0.717, 1.165) is 11.3 Å². The number of carbonyl (C=O) groups is 1. The summed E-state index contributed by atoms with van der Waals surface area (Å²) in [6.45, 7) is 4.67. The van der Waals surface area contributed by atoms with Crippen LogP contribution >= 0.6 is 0 Å². The zero-order valence-electron chi connectivity index (χ0n) is 14.9. The van der Waals surface area contributed by atoms with Crippen LogP contribution in [0, 0.1) is 6.92 Å². The molecule has 0 saturated carbocycles. The number of amides is 1. The summed E-state index contributed by atoms with van der Waals surface area (Å²) in [5, 5.41) is 2.84. The van der Waals surface area contributed by atoms with Crippen molar-refractivity contribution in [3.8, 4) is 5.75 Å². The summed E-state index contributed by atoms with van der Waals surface area (Å²) in [5.41, 5.74) is 2.23. The van der Waals surface area contributed by atoms with Gasteiger partial charge in [0, 0.05) is 6.54 Å². The molecule has 1 amide bonds. The Bertz CT molecular complexity index is 958. The van der Waals surface area contributed by atoms with Crippen molar-refractivity contribution in [2.45, 2.75) is 26.3 Å². The second-order valence-electron chi connectivity index (χ2n) is 6.19. The molecular weight excluding hydrogens is 332 g/mol. The third kappa shape index (κ3) is 3.96. The number of oxazole rings is 1. The fourth-order valence-corrected chi connectivity index (χ4v) is 2.79. The lowest BCUT2D eigenvalue weighted by Crippen LogP contribution is -2.35. The summed E-state index contributed by atoms with van der Waals surface area (Å²) in [6.07, 6.45) is 0.674. The number of hydrogen-bond donors (Lipinski definition) is 1. The maximum absolute atomic E-state index is 12.4. The average Bonchev–Trinajstić information content (AvgIpc) is 2.96. The monoisotopic (exact) mass is 354 g/mol. The molecule has 6 heteroatoms. The third-order valence-corrected chi connectivity index (χ3v) is 4.16. The van der Waals surface area contributed by atoms with Gasteiger partial charge in [0.25, 0.3) is 0 Å². The van der Waals surface area contributed by atoms with Crippen LogP contribution in [0.25, 0.3) is 11.1 Å². The predicted octanol–water partition coefficient (Wildman–Crippen LogP) is 3.05. The Hall–Kier alpha value is -3.02. The van der Waals surface area contributed by atoms with Crippen LogP contribution in [0.4, 0.5) is 0 Å². The van der Waals surface area contributed by atoms with Crippen LogP contribution in [0.15, 0.2) is 57.7 Å². The second kappa shape index (κ2) is 7.91. The highest BCUT2D eigenvalue weighted by atomic mass is 16.5. The molecule has 1 atom stereocenters. The number of ether oxygens (including phenoxy) is 1. The number of nitrogens with one attached hydrogen (secondary N) is 1. The number of hydrogen-bond acceptors (Lipinski definition) is 4. The first-order chi connectivity index (χ1) is 12.6. The van der Waals surface area contributed by atoms with Crippen molar-refractivity contribution >= 4 is 17.0 Å². The zero-order valence-corrected chi connectivity index (χ0v) is 14.9. The molecular formula is C20H22N2O4. The van der Waals surface area contributed by atoms with Gasteiger partial charge in [-0.05, 0) is 50.1 Å². The number of carbonyl (C=O) groups excluding carboxylic acids is 1. The molecule has 1 heterocycles. The Morgan fingerprint density at radius 2 is 2.04 bits per heavy atom. The molecule has 26 heavy (non-hydrogen) atoms. The molecule has 3 rings (SSSR count). The average molecular weight is 354 g/mol. The zero-order chi connectivity index (χ0) is 18.5. The molecule has 0 aliphatic heterocycles. The molecule has 1 unspecified atom stereocenters. The van der Waals surface area contributed by atoms with Crippen molar-refractivity contribution in [1.82, 2.24) is 9.88 Å².